The summed E-state index contributed by atoms with van der Waals surface area (Å²) < 4.78 is 5.48. The van der Waals surface area contributed by atoms with Crippen molar-refractivity contribution in [3.8, 4) is 5.75 Å². The van der Waals surface area contributed by atoms with Crippen molar-refractivity contribution < 1.29 is 19.4 Å². The van der Waals surface area contributed by atoms with E-state index in [1.807, 2.05) is 31.2 Å². The Bertz CT molecular complexity index is 490. The van der Waals surface area contributed by atoms with Gasteiger partial charge in [0.05, 0.1) is 0 Å². The lowest BCUT2D eigenvalue weighted by Crippen LogP contribution is -2.41. The fourth-order valence-electron chi connectivity index (χ4n) is 2.50. The lowest BCUT2D eigenvalue weighted by Gasteiger charge is -2.31. The zero-order valence-corrected chi connectivity index (χ0v) is 12.2. The van der Waals surface area contributed by atoms with Crippen LogP contribution < -0.4 is 4.74 Å². The summed E-state index contributed by atoms with van der Waals surface area (Å²) in [5, 5.41) is 8.77. The standard InChI is InChI=1S/C16H21NO4/c1-12-2-4-14(5-3-12)21-11-15(18)17-8-6-13(7-9-17)10-16(19)20/h2-5,13H,6-11H2,1H3,(H,19,20). The first-order valence-electron chi connectivity index (χ1n) is 7.23. The molecule has 5 nitrogen and oxygen atoms in total. The zero-order chi connectivity index (χ0) is 15.2. The number of hydrogen-bond donors (Lipinski definition) is 1. The van der Waals surface area contributed by atoms with Crippen LogP contribution in [-0.4, -0.2) is 41.6 Å². The maximum absolute atomic E-state index is 12.1. The van der Waals surface area contributed by atoms with Crippen molar-refractivity contribution in [1.82, 2.24) is 4.90 Å². The van der Waals surface area contributed by atoms with Gasteiger partial charge in [0.2, 0.25) is 0 Å². The van der Waals surface area contributed by atoms with Crippen LogP contribution in [0.4, 0.5) is 0 Å². The number of hydrogen-bond acceptors (Lipinski definition) is 3. The number of amides is 1. The molecule has 1 aromatic rings. The number of carbonyl (C=O) groups is 2. The Morgan fingerprint density at radius 3 is 2.43 bits per heavy atom. The second-order valence-corrected chi connectivity index (χ2v) is 5.52. The molecule has 1 heterocycles. The number of carboxylic acid groups (broad SMARTS) is 1. The molecule has 0 spiro atoms. The Morgan fingerprint density at radius 1 is 1.24 bits per heavy atom. The van der Waals surface area contributed by atoms with Gasteiger partial charge in [-0.05, 0) is 37.8 Å². The van der Waals surface area contributed by atoms with Crippen molar-refractivity contribution in [1.29, 1.82) is 0 Å². The summed E-state index contributed by atoms with van der Waals surface area (Å²) >= 11 is 0. The number of nitrogens with zero attached hydrogens (tertiary/aromatic N) is 1. The second-order valence-electron chi connectivity index (χ2n) is 5.52. The molecule has 0 bridgehead atoms. The molecule has 1 aromatic carbocycles. The molecule has 0 atom stereocenters. The van der Waals surface area contributed by atoms with Crippen molar-refractivity contribution in [3.63, 3.8) is 0 Å². The topological polar surface area (TPSA) is 66.8 Å². The van der Waals surface area contributed by atoms with Crippen LogP contribution in [0.3, 0.4) is 0 Å². The molecule has 114 valence electrons. The highest BCUT2D eigenvalue weighted by atomic mass is 16.5. The van der Waals surface area contributed by atoms with E-state index >= 15 is 0 Å². The largest absolute Gasteiger partial charge is 0.484 e. The molecule has 0 saturated carbocycles. The predicted octanol–water partition coefficient (Wildman–Crippen LogP) is 2.09. The molecule has 1 fully saturated rings. The van der Waals surface area contributed by atoms with Crippen LogP contribution in [-0.2, 0) is 9.59 Å². The van der Waals surface area contributed by atoms with Crippen molar-refractivity contribution in [2.45, 2.75) is 26.2 Å². The molecule has 0 radical (unpaired) electrons. The number of rotatable bonds is 5. The van der Waals surface area contributed by atoms with Crippen LogP contribution >= 0.6 is 0 Å². The van der Waals surface area contributed by atoms with Gasteiger partial charge in [-0.1, -0.05) is 17.7 Å². The minimum Gasteiger partial charge on any atom is -0.484 e. The number of ether oxygens (including phenoxy) is 1. The third-order valence-corrected chi connectivity index (χ3v) is 3.81. The number of carbonyl (C=O) groups excluding carboxylic acids is 1. The first-order chi connectivity index (χ1) is 10.0. The normalized spacial score (nSPS) is 15.8. The van der Waals surface area contributed by atoms with E-state index < -0.39 is 5.97 Å². The number of aryl methyl sites for hydroxylation is 1. The third kappa shape index (κ3) is 4.77. The van der Waals surface area contributed by atoms with Gasteiger partial charge in [-0.25, -0.2) is 0 Å². The summed E-state index contributed by atoms with van der Waals surface area (Å²) in [6.45, 7) is 3.27. The number of aliphatic carboxylic acids is 1. The molecule has 21 heavy (non-hydrogen) atoms. The van der Waals surface area contributed by atoms with E-state index in [0.29, 0.717) is 18.8 Å². The van der Waals surface area contributed by atoms with Gasteiger partial charge >= 0.3 is 5.97 Å². The summed E-state index contributed by atoms with van der Waals surface area (Å²) in [6.07, 6.45) is 1.70. The molecule has 0 unspecified atom stereocenters. The number of piperidine rings is 1. The third-order valence-electron chi connectivity index (χ3n) is 3.81. The maximum atomic E-state index is 12.1. The van der Waals surface area contributed by atoms with E-state index in [9.17, 15) is 9.59 Å². The molecule has 1 amide bonds. The highest BCUT2D eigenvalue weighted by Crippen LogP contribution is 2.20. The number of benzene rings is 1. The first kappa shape index (κ1) is 15.4. The van der Waals surface area contributed by atoms with Gasteiger partial charge in [-0.15, -0.1) is 0 Å². The average Bonchev–Trinajstić information content (AvgIpc) is 2.46. The van der Waals surface area contributed by atoms with Gasteiger partial charge < -0.3 is 14.7 Å². The van der Waals surface area contributed by atoms with Gasteiger partial charge in [0.25, 0.3) is 5.91 Å². The van der Waals surface area contributed by atoms with Crippen molar-refractivity contribution in [2.24, 2.45) is 5.92 Å². The monoisotopic (exact) mass is 291 g/mol. The molecule has 5 heteroatoms. The first-order valence-corrected chi connectivity index (χ1v) is 7.23. The number of carboxylic acids is 1. The highest BCUT2D eigenvalue weighted by Gasteiger charge is 2.24. The van der Waals surface area contributed by atoms with E-state index in [4.69, 9.17) is 9.84 Å². The van der Waals surface area contributed by atoms with Crippen LogP contribution in [0.2, 0.25) is 0 Å². The second kappa shape index (κ2) is 7.11. The molecule has 1 aliphatic rings. The van der Waals surface area contributed by atoms with Gasteiger partial charge in [-0.3, -0.25) is 9.59 Å². The lowest BCUT2D eigenvalue weighted by atomic mass is 9.94. The van der Waals surface area contributed by atoms with Crippen molar-refractivity contribution in [3.05, 3.63) is 29.8 Å². The van der Waals surface area contributed by atoms with Gasteiger partial charge in [0.15, 0.2) is 6.61 Å². The smallest absolute Gasteiger partial charge is 0.303 e. The molecule has 1 saturated heterocycles. The molecule has 1 N–H and O–H groups in total. The highest BCUT2D eigenvalue weighted by molar-refractivity contribution is 5.77. The average molecular weight is 291 g/mol. The molecular weight excluding hydrogens is 270 g/mol. The lowest BCUT2D eigenvalue weighted by molar-refractivity contribution is -0.139. The van der Waals surface area contributed by atoms with E-state index in [-0.39, 0.29) is 24.9 Å². The van der Waals surface area contributed by atoms with E-state index in [0.717, 1.165) is 18.4 Å². The minimum atomic E-state index is -0.762. The Balaban J connectivity index is 1.74. The van der Waals surface area contributed by atoms with Crippen LogP contribution in [0.5, 0.6) is 5.75 Å². The number of likely N-dealkylation sites (tertiary alicyclic amines) is 1. The summed E-state index contributed by atoms with van der Waals surface area (Å²) in [5.41, 5.74) is 1.15. The van der Waals surface area contributed by atoms with Crippen LogP contribution in [0.25, 0.3) is 0 Å². The SMILES string of the molecule is Cc1ccc(OCC(=O)N2CCC(CC(=O)O)CC2)cc1. The minimum absolute atomic E-state index is 0.0344. The Kier molecular flexibility index (Phi) is 5.20. The van der Waals surface area contributed by atoms with Crippen LogP contribution in [0, 0.1) is 12.8 Å². The fraction of sp³-hybridized carbons (Fsp3) is 0.500. The molecule has 0 aromatic heterocycles. The summed E-state index contributed by atoms with van der Waals surface area (Å²) in [6, 6.07) is 7.58. The quantitative estimate of drug-likeness (QED) is 0.902. The van der Waals surface area contributed by atoms with E-state index in [1.165, 1.54) is 0 Å². The molecule has 0 aliphatic carbocycles. The van der Waals surface area contributed by atoms with Gasteiger partial charge in [0, 0.05) is 19.5 Å². The Morgan fingerprint density at radius 2 is 1.86 bits per heavy atom. The molecule has 1 aliphatic heterocycles. The fourth-order valence-corrected chi connectivity index (χ4v) is 2.50. The molecule has 2 rings (SSSR count). The maximum Gasteiger partial charge on any atom is 0.303 e. The summed E-state index contributed by atoms with van der Waals surface area (Å²) in [7, 11) is 0. The van der Waals surface area contributed by atoms with Crippen LogP contribution in [0.1, 0.15) is 24.8 Å². The summed E-state index contributed by atoms with van der Waals surface area (Å²) in [5.74, 6) is 0.0751. The van der Waals surface area contributed by atoms with Crippen LogP contribution in [0.15, 0.2) is 24.3 Å². The van der Waals surface area contributed by atoms with Crippen molar-refractivity contribution in [2.75, 3.05) is 19.7 Å². The molecular formula is C16H21NO4. The van der Waals surface area contributed by atoms with Gasteiger partial charge in [0.1, 0.15) is 5.75 Å². The van der Waals surface area contributed by atoms with Crippen molar-refractivity contribution >= 4 is 11.9 Å². The van der Waals surface area contributed by atoms with Gasteiger partial charge in [-0.2, -0.15) is 0 Å². The summed E-state index contributed by atoms with van der Waals surface area (Å²) in [4.78, 5) is 24.5. The predicted molar refractivity (Wildman–Crippen MR) is 78.2 cm³/mol. The zero-order valence-electron chi connectivity index (χ0n) is 12.2. The van der Waals surface area contributed by atoms with E-state index in [1.54, 1.807) is 4.90 Å². The Labute approximate surface area is 124 Å². The van der Waals surface area contributed by atoms with E-state index in [2.05, 4.69) is 0 Å². The Hall–Kier alpha value is -2.04.